The van der Waals surface area contributed by atoms with E-state index in [0.29, 0.717) is 11.1 Å². The van der Waals surface area contributed by atoms with E-state index < -0.39 is 9.84 Å². The van der Waals surface area contributed by atoms with Gasteiger partial charge in [0.05, 0.1) is 5.75 Å². The van der Waals surface area contributed by atoms with E-state index >= 15 is 0 Å². The van der Waals surface area contributed by atoms with Crippen LogP contribution < -0.4 is 5.32 Å². The van der Waals surface area contributed by atoms with Gasteiger partial charge in [0.2, 0.25) is 0 Å². The Bertz CT molecular complexity index is 734. The Kier molecular flexibility index (Phi) is 7.02. The van der Waals surface area contributed by atoms with Gasteiger partial charge in [-0.25, -0.2) is 8.42 Å². The van der Waals surface area contributed by atoms with Crippen LogP contribution in [0.3, 0.4) is 0 Å². The molecule has 0 amide bonds. The highest BCUT2D eigenvalue weighted by atomic mass is 35.5. The molecule has 7 heteroatoms. The van der Waals surface area contributed by atoms with Gasteiger partial charge in [-0.1, -0.05) is 11.6 Å². The molecule has 1 heterocycles. The first-order chi connectivity index (χ1) is 11.6. The highest BCUT2D eigenvalue weighted by Gasteiger charge is 2.18. The van der Waals surface area contributed by atoms with Gasteiger partial charge >= 0.3 is 0 Å². The molecule has 0 spiro atoms. The molecule has 140 valence electrons. The first-order valence-corrected chi connectivity index (χ1v) is 11.0. The summed E-state index contributed by atoms with van der Waals surface area (Å²) in [6, 6.07) is 4.25. The molecule has 1 aliphatic heterocycles. The molecule has 0 bridgehead atoms. The van der Waals surface area contributed by atoms with Crippen LogP contribution >= 0.6 is 11.6 Å². The number of hydrogen-bond acceptors (Lipinski definition) is 5. The number of sulfone groups is 1. The number of rotatable bonds is 7. The summed E-state index contributed by atoms with van der Waals surface area (Å²) < 4.78 is 22.5. The molecule has 0 unspecified atom stereocenters. The summed E-state index contributed by atoms with van der Waals surface area (Å²) in [5.41, 5.74) is 3.10. The zero-order valence-electron chi connectivity index (χ0n) is 15.1. The Labute approximate surface area is 155 Å². The number of halogens is 1. The number of hydrogen-bond donors (Lipinski definition) is 1. The number of Topliss-reactive ketones (excluding diaryl/α,β-unsaturated/α-hetero) is 1. The Morgan fingerprint density at radius 3 is 2.68 bits per heavy atom. The number of nitrogens with one attached hydrogen (secondary N) is 1. The van der Waals surface area contributed by atoms with Crippen molar-refractivity contribution in [3.63, 3.8) is 0 Å². The largest absolute Gasteiger partial charge is 0.312 e. The van der Waals surface area contributed by atoms with Crippen molar-refractivity contribution in [2.45, 2.75) is 39.3 Å². The summed E-state index contributed by atoms with van der Waals surface area (Å²) in [6.45, 7) is 7.92. The van der Waals surface area contributed by atoms with Gasteiger partial charge in [0.1, 0.15) is 15.6 Å². The van der Waals surface area contributed by atoms with E-state index in [2.05, 4.69) is 17.1 Å². The third-order valence-corrected chi connectivity index (χ3v) is 5.74. The van der Waals surface area contributed by atoms with E-state index in [4.69, 9.17) is 11.6 Å². The molecule has 0 aromatic heterocycles. The van der Waals surface area contributed by atoms with Crippen LogP contribution in [0.5, 0.6) is 0 Å². The van der Waals surface area contributed by atoms with Gasteiger partial charge in [0, 0.05) is 56.3 Å². The molecule has 25 heavy (non-hydrogen) atoms. The zero-order chi connectivity index (χ0) is 18.6. The minimum atomic E-state index is -3.12. The number of benzene rings is 1. The number of piperazine rings is 1. The van der Waals surface area contributed by atoms with Crippen molar-refractivity contribution >= 4 is 27.2 Å². The fourth-order valence-electron chi connectivity index (χ4n) is 3.14. The first kappa shape index (κ1) is 20.4. The SMILES string of the molecule is Cc1c(CC(=O)CCS(C)(=O)=O)cc(Cl)cc1CN1CCN[C@@H](C)C1. The van der Waals surface area contributed by atoms with E-state index in [-0.39, 0.29) is 24.4 Å². The first-order valence-electron chi connectivity index (χ1n) is 8.57. The summed E-state index contributed by atoms with van der Waals surface area (Å²) in [5, 5.41) is 4.05. The average molecular weight is 387 g/mol. The Morgan fingerprint density at radius 1 is 1.36 bits per heavy atom. The lowest BCUT2D eigenvalue weighted by molar-refractivity contribution is -0.118. The normalized spacial score (nSPS) is 19.1. The van der Waals surface area contributed by atoms with Gasteiger partial charge in [0.25, 0.3) is 0 Å². The second-order valence-electron chi connectivity index (χ2n) is 7.03. The lowest BCUT2D eigenvalue weighted by atomic mass is 9.97. The summed E-state index contributed by atoms with van der Waals surface area (Å²) in [4.78, 5) is 14.5. The quantitative estimate of drug-likeness (QED) is 0.776. The number of carbonyl (C=O) groups is 1. The van der Waals surface area contributed by atoms with Crippen molar-refractivity contribution in [2.24, 2.45) is 0 Å². The molecule has 0 saturated carbocycles. The van der Waals surface area contributed by atoms with Crippen molar-refractivity contribution in [2.75, 3.05) is 31.6 Å². The maximum Gasteiger partial charge on any atom is 0.147 e. The molecule has 1 fully saturated rings. The summed E-state index contributed by atoms with van der Waals surface area (Å²) in [5.74, 6) is -0.172. The van der Waals surface area contributed by atoms with E-state index in [1.54, 1.807) is 0 Å². The van der Waals surface area contributed by atoms with Gasteiger partial charge in [0.15, 0.2) is 0 Å². The smallest absolute Gasteiger partial charge is 0.147 e. The summed E-state index contributed by atoms with van der Waals surface area (Å²) >= 11 is 6.26. The van der Waals surface area contributed by atoms with Crippen LogP contribution in [0, 0.1) is 6.92 Å². The van der Waals surface area contributed by atoms with E-state index in [0.717, 1.165) is 49.1 Å². The minimum Gasteiger partial charge on any atom is -0.312 e. The Balaban J connectivity index is 2.09. The molecule has 5 nitrogen and oxygen atoms in total. The monoisotopic (exact) mass is 386 g/mol. The topological polar surface area (TPSA) is 66.5 Å². The van der Waals surface area contributed by atoms with Crippen molar-refractivity contribution in [3.05, 3.63) is 33.8 Å². The molecule has 0 radical (unpaired) electrons. The highest BCUT2D eigenvalue weighted by molar-refractivity contribution is 7.90. The molecule has 1 atom stereocenters. The van der Waals surface area contributed by atoms with Crippen LogP contribution in [-0.2, 0) is 27.6 Å². The van der Waals surface area contributed by atoms with Gasteiger partial charge in [-0.2, -0.15) is 0 Å². The van der Waals surface area contributed by atoms with Gasteiger partial charge in [-0.05, 0) is 42.7 Å². The average Bonchev–Trinajstić information content (AvgIpc) is 2.49. The second kappa shape index (κ2) is 8.62. The lowest BCUT2D eigenvalue weighted by Gasteiger charge is -2.32. The summed E-state index contributed by atoms with van der Waals surface area (Å²) in [6.07, 6.45) is 1.43. The molecule has 1 saturated heterocycles. The minimum absolute atomic E-state index is 0.0510. The van der Waals surface area contributed by atoms with Crippen molar-refractivity contribution in [1.29, 1.82) is 0 Å². The predicted octanol–water partition coefficient (Wildman–Crippen LogP) is 1.99. The lowest BCUT2D eigenvalue weighted by Crippen LogP contribution is -2.48. The zero-order valence-corrected chi connectivity index (χ0v) is 16.7. The molecule has 1 aromatic rings. The van der Waals surface area contributed by atoms with Gasteiger partial charge < -0.3 is 5.32 Å². The van der Waals surface area contributed by atoms with Crippen molar-refractivity contribution in [1.82, 2.24) is 10.2 Å². The number of ketones is 1. The van der Waals surface area contributed by atoms with Crippen LogP contribution in [-0.4, -0.2) is 56.8 Å². The van der Waals surface area contributed by atoms with Gasteiger partial charge in [-0.15, -0.1) is 0 Å². The fraction of sp³-hybridized carbons (Fsp3) is 0.611. The molecule has 1 N–H and O–H groups in total. The fourth-order valence-corrected chi connectivity index (χ4v) is 4.00. The molecular weight excluding hydrogens is 360 g/mol. The maximum absolute atomic E-state index is 12.1. The van der Waals surface area contributed by atoms with E-state index in [1.165, 1.54) is 0 Å². The summed E-state index contributed by atoms with van der Waals surface area (Å²) in [7, 11) is -3.12. The number of carbonyl (C=O) groups excluding carboxylic acids is 1. The van der Waals surface area contributed by atoms with Crippen molar-refractivity contribution in [3.8, 4) is 0 Å². The Hall–Kier alpha value is -0.950. The maximum atomic E-state index is 12.1. The number of nitrogens with zero attached hydrogens (tertiary/aromatic N) is 1. The van der Waals surface area contributed by atoms with Crippen LogP contribution in [0.25, 0.3) is 0 Å². The second-order valence-corrected chi connectivity index (χ2v) is 9.73. The molecule has 1 aromatic carbocycles. The Morgan fingerprint density at radius 2 is 2.04 bits per heavy atom. The van der Waals surface area contributed by atoms with Crippen LogP contribution in [0.4, 0.5) is 0 Å². The molecule has 1 aliphatic rings. The molecule has 2 rings (SSSR count). The molecule has 0 aliphatic carbocycles. The van der Waals surface area contributed by atoms with E-state index in [1.807, 2.05) is 19.1 Å². The van der Waals surface area contributed by atoms with Crippen LogP contribution in [0.1, 0.15) is 30.0 Å². The highest BCUT2D eigenvalue weighted by Crippen LogP contribution is 2.23. The van der Waals surface area contributed by atoms with Crippen LogP contribution in [0.2, 0.25) is 5.02 Å². The predicted molar refractivity (Wildman–Crippen MR) is 102 cm³/mol. The van der Waals surface area contributed by atoms with Crippen molar-refractivity contribution < 1.29 is 13.2 Å². The van der Waals surface area contributed by atoms with Gasteiger partial charge in [-0.3, -0.25) is 9.69 Å². The van der Waals surface area contributed by atoms with E-state index in [9.17, 15) is 13.2 Å². The standard InChI is InChI=1S/C18H27ClN2O3S/c1-13-11-21(6-5-20-13)12-16-9-17(19)8-15(14(16)2)10-18(22)4-7-25(3,23)24/h8-9,13,20H,4-7,10-12H2,1-3H3/t13-/m0/s1. The molecular formula is C18H27ClN2O3S. The third kappa shape index (κ3) is 6.70. The van der Waals surface area contributed by atoms with Crippen LogP contribution in [0.15, 0.2) is 12.1 Å². The third-order valence-electron chi connectivity index (χ3n) is 4.57.